The van der Waals surface area contributed by atoms with Crippen molar-refractivity contribution in [3.8, 4) is 0 Å². The summed E-state index contributed by atoms with van der Waals surface area (Å²) in [5.41, 5.74) is 0.728. The zero-order chi connectivity index (χ0) is 13.8. The van der Waals surface area contributed by atoms with Crippen LogP contribution in [0.25, 0.3) is 0 Å². The van der Waals surface area contributed by atoms with Gasteiger partial charge >= 0.3 is 5.51 Å². The first kappa shape index (κ1) is 14.8. The van der Waals surface area contributed by atoms with Crippen molar-refractivity contribution in [2.75, 3.05) is 6.54 Å². The van der Waals surface area contributed by atoms with E-state index in [2.05, 4.69) is 10.3 Å². The van der Waals surface area contributed by atoms with Crippen molar-refractivity contribution in [3.05, 3.63) is 23.9 Å². The van der Waals surface area contributed by atoms with E-state index in [9.17, 15) is 18.0 Å². The Morgan fingerprint density at radius 2 is 2.28 bits per heavy atom. The Morgan fingerprint density at radius 3 is 2.83 bits per heavy atom. The molecule has 0 saturated carbocycles. The van der Waals surface area contributed by atoms with Crippen molar-refractivity contribution in [1.29, 1.82) is 0 Å². The van der Waals surface area contributed by atoms with Crippen LogP contribution in [0, 0.1) is 0 Å². The van der Waals surface area contributed by atoms with Gasteiger partial charge in [0.1, 0.15) is 5.03 Å². The molecule has 1 atom stereocenters. The summed E-state index contributed by atoms with van der Waals surface area (Å²) in [5, 5.41) is 2.12. The second-order valence-electron chi connectivity index (χ2n) is 3.51. The fourth-order valence-corrected chi connectivity index (χ4v) is 1.72. The van der Waals surface area contributed by atoms with Crippen LogP contribution in [0.2, 0.25) is 0 Å². The first-order valence-corrected chi connectivity index (χ1v) is 5.87. The fraction of sp³-hybridized carbons (Fsp3) is 0.400. The summed E-state index contributed by atoms with van der Waals surface area (Å²) in [6.07, 6.45) is 1.21. The average Bonchev–Trinajstić information content (AvgIpc) is 2.27. The summed E-state index contributed by atoms with van der Waals surface area (Å²) >= 11 is -0.413. The van der Waals surface area contributed by atoms with Gasteiger partial charge in [0.15, 0.2) is 0 Å². The van der Waals surface area contributed by atoms with E-state index in [1.807, 2.05) is 0 Å². The van der Waals surface area contributed by atoms with E-state index in [-0.39, 0.29) is 23.2 Å². The van der Waals surface area contributed by atoms with Gasteiger partial charge in [-0.05, 0) is 19.1 Å². The summed E-state index contributed by atoms with van der Waals surface area (Å²) in [6.45, 7) is 1.86. The molecule has 0 aromatic carbocycles. The molecular weight excluding hydrogens is 267 g/mol. The maximum absolute atomic E-state index is 12.3. The molecule has 1 heterocycles. The summed E-state index contributed by atoms with van der Waals surface area (Å²) in [6, 6.07) is 2.38. The number of carbonyl (C=O) groups is 1. The number of halogens is 3. The number of nitrogens with one attached hydrogen (secondary N) is 1. The molecule has 0 fully saturated rings. The van der Waals surface area contributed by atoms with E-state index in [0.717, 1.165) is 0 Å². The highest BCUT2D eigenvalue weighted by Crippen LogP contribution is 2.37. The molecule has 0 radical (unpaired) electrons. The maximum Gasteiger partial charge on any atom is 0.447 e. The van der Waals surface area contributed by atoms with Crippen molar-refractivity contribution in [1.82, 2.24) is 10.3 Å². The van der Waals surface area contributed by atoms with E-state index in [1.54, 1.807) is 6.92 Å². The molecule has 0 saturated heterocycles. The Morgan fingerprint density at radius 1 is 1.61 bits per heavy atom. The molecule has 0 aliphatic rings. The van der Waals surface area contributed by atoms with Gasteiger partial charge in [0, 0.05) is 30.5 Å². The highest BCUT2D eigenvalue weighted by molar-refractivity contribution is 8.00. The van der Waals surface area contributed by atoms with Gasteiger partial charge < -0.3 is 11.1 Å². The monoisotopic (exact) mass is 279 g/mol. The van der Waals surface area contributed by atoms with Crippen LogP contribution in [-0.4, -0.2) is 29.0 Å². The topological polar surface area (TPSA) is 68.0 Å². The summed E-state index contributed by atoms with van der Waals surface area (Å²) in [7, 11) is 0. The lowest BCUT2D eigenvalue weighted by atomic mass is 10.2. The third kappa shape index (κ3) is 4.53. The molecule has 0 aliphatic carbocycles. The Bertz CT molecular complexity index is 425. The van der Waals surface area contributed by atoms with Crippen molar-refractivity contribution in [3.63, 3.8) is 0 Å². The number of carbonyl (C=O) groups excluding carboxylic acids is 1. The van der Waals surface area contributed by atoms with E-state index in [0.29, 0.717) is 0 Å². The predicted molar refractivity (Wildman–Crippen MR) is 62.1 cm³/mol. The molecule has 0 unspecified atom stereocenters. The quantitative estimate of drug-likeness (QED) is 0.824. The molecule has 100 valence electrons. The number of thioether (sulfide) groups is 1. The van der Waals surface area contributed by atoms with Gasteiger partial charge in [-0.3, -0.25) is 4.79 Å². The van der Waals surface area contributed by atoms with Crippen LogP contribution in [0.4, 0.5) is 13.2 Å². The minimum Gasteiger partial charge on any atom is -0.348 e. The van der Waals surface area contributed by atoms with Crippen LogP contribution >= 0.6 is 11.8 Å². The van der Waals surface area contributed by atoms with Crippen LogP contribution < -0.4 is 11.1 Å². The molecule has 1 rings (SSSR count). The van der Waals surface area contributed by atoms with Gasteiger partial charge in [-0.1, -0.05) is 0 Å². The van der Waals surface area contributed by atoms with Gasteiger partial charge in [-0.25, -0.2) is 4.98 Å². The van der Waals surface area contributed by atoms with Crippen molar-refractivity contribution in [2.24, 2.45) is 5.73 Å². The van der Waals surface area contributed by atoms with E-state index < -0.39 is 23.2 Å². The lowest BCUT2D eigenvalue weighted by molar-refractivity contribution is -0.0329. The van der Waals surface area contributed by atoms with E-state index >= 15 is 0 Å². The molecular formula is C10H12F3N3OS. The molecule has 1 aromatic heterocycles. The van der Waals surface area contributed by atoms with Crippen molar-refractivity contribution < 1.29 is 18.0 Å². The van der Waals surface area contributed by atoms with Crippen LogP contribution in [-0.2, 0) is 0 Å². The summed E-state index contributed by atoms with van der Waals surface area (Å²) in [4.78, 5) is 15.3. The first-order valence-electron chi connectivity index (χ1n) is 5.05. The third-order valence-corrected chi connectivity index (χ3v) is 2.71. The number of pyridine rings is 1. The number of rotatable bonds is 4. The summed E-state index contributed by atoms with van der Waals surface area (Å²) < 4.78 is 36.9. The van der Waals surface area contributed by atoms with Crippen molar-refractivity contribution in [2.45, 2.75) is 23.5 Å². The highest BCUT2D eigenvalue weighted by Gasteiger charge is 2.32. The van der Waals surface area contributed by atoms with Gasteiger partial charge in [-0.15, -0.1) is 0 Å². The molecule has 18 heavy (non-hydrogen) atoms. The highest BCUT2D eigenvalue weighted by atomic mass is 32.2. The maximum atomic E-state index is 12.3. The van der Waals surface area contributed by atoms with Crippen LogP contribution in [0.1, 0.15) is 17.3 Å². The molecule has 1 amide bonds. The smallest absolute Gasteiger partial charge is 0.348 e. The number of aromatic nitrogens is 1. The molecule has 4 nitrogen and oxygen atoms in total. The van der Waals surface area contributed by atoms with Gasteiger partial charge in [0.2, 0.25) is 0 Å². The number of hydrogen-bond acceptors (Lipinski definition) is 4. The zero-order valence-corrected chi connectivity index (χ0v) is 10.3. The fourth-order valence-electron chi connectivity index (χ4n) is 1.12. The van der Waals surface area contributed by atoms with Crippen LogP contribution in [0.15, 0.2) is 23.4 Å². The normalized spacial score (nSPS) is 13.2. The molecule has 0 bridgehead atoms. The lowest BCUT2D eigenvalue weighted by Gasteiger charge is -2.13. The number of nitrogens with two attached hydrogens (primary N) is 1. The van der Waals surface area contributed by atoms with Crippen LogP contribution in [0.5, 0.6) is 0 Å². The van der Waals surface area contributed by atoms with Gasteiger partial charge in [0.05, 0.1) is 5.56 Å². The summed E-state index contributed by atoms with van der Waals surface area (Å²) in [5.74, 6) is -0.618. The minimum absolute atomic E-state index is 0.111. The van der Waals surface area contributed by atoms with E-state index in [1.165, 1.54) is 18.3 Å². The standard InChI is InChI=1S/C10H12F3N3OS/c1-6(5-14)16-8(17)7-3-2-4-15-9(7)18-10(11,12)13/h2-4,6H,5,14H2,1H3,(H,16,17)/t6-/m0/s1. The Labute approximate surface area is 106 Å². The Balaban J connectivity index is 2.91. The molecule has 1 aromatic rings. The third-order valence-electron chi connectivity index (χ3n) is 1.96. The number of alkyl halides is 3. The lowest BCUT2D eigenvalue weighted by Crippen LogP contribution is -2.38. The minimum atomic E-state index is -4.48. The Hall–Kier alpha value is -1.28. The SMILES string of the molecule is C[C@@H](CN)NC(=O)c1cccnc1SC(F)(F)F. The molecule has 0 aliphatic heterocycles. The second-order valence-corrected chi connectivity index (χ2v) is 4.57. The number of amides is 1. The molecule has 0 spiro atoms. The number of nitrogens with zero attached hydrogens (tertiary/aromatic N) is 1. The molecule has 3 N–H and O–H groups in total. The largest absolute Gasteiger partial charge is 0.447 e. The number of hydrogen-bond donors (Lipinski definition) is 2. The average molecular weight is 279 g/mol. The van der Waals surface area contributed by atoms with E-state index in [4.69, 9.17) is 5.73 Å². The van der Waals surface area contributed by atoms with Gasteiger partial charge in [-0.2, -0.15) is 13.2 Å². The predicted octanol–water partition coefficient (Wildman–Crippen LogP) is 1.77. The molecule has 8 heteroatoms. The van der Waals surface area contributed by atoms with Crippen molar-refractivity contribution >= 4 is 17.7 Å². The van der Waals surface area contributed by atoms with Crippen LogP contribution in [0.3, 0.4) is 0 Å². The Kier molecular flexibility index (Phi) is 4.97. The second kappa shape index (κ2) is 6.05. The van der Waals surface area contributed by atoms with Gasteiger partial charge in [0.25, 0.3) is 5.91 Å². The first-order chi connectivity index (χ1) is 8.33. The zero-order valence-electron chi connectivity index (χ0n) is 9.49.